The number of nitrogens with one attached hydrogen (secondary N) is 1. The number of rotatable bonds is 7. The molecule has 1 aliphatic heterocycles. The molecule has 1 amide bonds. The van der Waals surface area contributed by atoms with Crippen molar-refractivity contribution >= 4 is 11.6 Å². The molecule has 0 spiro atoms. The quantitative estimate of drug-likeness (QED) is 0.396. The average molecular weight is 490 g/mol. The molecule has 2 aromatic carbocycles. The molecular formula is C28H29F2N5O. The fourth-order valence-corrected chi connectivity index (χ4v) is 4.86. The molecule has 0 bridgehead atoms. The van der Waals surface area contributed by atoms with Crippen LogP contribution in [-0.4, -0.2) is 45.0 Å². The zero-order valence-corrected chi connectivity index (χ0v) is 20.3. The largest absolute Gasteiger partial charge is 0.352 e. The Morgan fingerprint density at radius 2 is 1.86 bits per heavy atom. The molecule has 1 saturated heterocycles. The number of likely N-dealkylation sites (tertiary alicyclic amines) is 1. The standard InChI is InChI=1S/C28H29F2N5O/c1-19-24(17-32-27-16-26(33-35(19)27)23-15-22(29)7-8-25(23)30)28(36)31-12-9-20-10-13-34(14-11-20)18-21-5-3-2-4-6-21/h2-8,15-17,20H,9-14,18H2,1H3,(H,31,36). The fourth-order valence-electron chi connectivity index (χ4n) is 4.86. The van der Waals surface area contributed by atoms with Gasteiger partial charge in [0.05, 0.1) is 17.0 Å². The number of halogens is 2. The first-order chi connectivity index (χ1) is 17.5. The van der Waals surface area contributed by atoms with E-state index < -0.39 is 11.6 Å². The van der Waals surface area contributed by atoms with E-state index in [-0.39, 0.29) is 17.2 Å². The van der Waals surface area contributed by atoms with Gasteiger partial charge >= 0.3 is 0 Å². The molecule has 0 atom stereocenters. The molecule has 1 aliphatic rings. The van der Waals surface area contributed by atoms with Gasteiger partial charge in [0.15, 0.2) is 5.65 Å². The molecule has 36 heavy (non-hydrogen) atoms. The monoisotopic (exact) mass is 489 g/mol. The highest BCUT2D eigenvalue weighted by atomic mass is 19.1. The van der Waals surface area contributed by atoms with Crippen LogP contribution in [0.3, 0.4) is 0 Å². The number of carbonyl (C=O) groups is 1. The van der Waals surface area contributed by atoms with Crippen LogP contribution in [0.15, 0.2) is 60.8 Å². The third-order valence-electron chi connectivity index (χ3n) is 6.97. The molecule has 1 fully saturated rings. The van der Waals surface area contributed by atoms with E-state index in [2.05, 4.69) is 44.6 Å². The van der Waals surface area contributed by atoms with Gasteiger partial charge in [0.2, 0.25) is 0 Å². The Labute approximate surface area is 209 Å². The fraction of sp³-hybridized carbons (Fsp3) is 0.321. The van der Waals surface area contributed by atoms with Crippen LogP contribution in [0.2, 0.25) is 0 Å². The summed E-state index contributed by atoms with van der Waals surface area (Å²) in [6.45, 7) is 5.49. The van der Waals surface area contributed by atoms with Gasteiger partial charge in [-0.1, -0.05) is 30.3 Å². The summed E-state index contributed by atoms with van der Waals surface area (Å²) in [5.74, 6) is -0.734. The first-order valence-corrected chi connectivity index (χ1v) is 12.3. The van der Waals surface area contributed by atoms with E-state index in [1.54, 1.807) is 13.0 Å². The van der Waals surface area contributed by atoms with Crippen LogP contribution in [0, 0.1) is 24.5 Å². The van der Waals surface area contributed by atoms with E-state index in [0.29, 0.717) is 29.4 Å². The number of aryl methyl sites for hydroxylation is 1. The molecule has 0 saturated carbocycles. The number of benzene rings is 2. The lowest BCUT2D eigenvalue weighted by Gasteiger charge is -2.32. The van der Waals surface area contributed by atoms with Gasteiger partial charge in [-0.3, -0.25) is 9.69 Å². The van der Waals surface area contributed by atoms with E-state index in [9.17, 15) is 13.6 Å². The zero-order chi connectivity index (χ0) is 25.1. The predicted octanol–water partition coefficient (Wildman–Crippen LogP) is 5.02. The summed E-state index contributed by atoms with van der Waals surface area (Å²) in [4.78, 5) is 19.7. The van der Waals surface area contributed by atoms with Gasteiger partial charge in [-0.25, -0.2) is 18.3 Å². The van der Waals surface area contributed by atoms with Crippen molar-refractivity contribution in [1.82, 2.24) is 24.8 Å². The minimum Gasteiger partial charge on any atom is -0.352 e. The summed E-state index contributed by atoms with van der Waals surface area (Å²) < 4.78 is 29.3. The second kappa shape index (κ2) is 10.5. The smallest absolute Gasteiger partial charge is 0.254 e. The van der Waals surface area contributed by atoms with Crippen LogP contribution in [0.25, 0.3) is 16.9 Å². The molecule has 1 N–H and O–H groups in total. The molecule has 186 valence electrons. The topological polar surface area (TPSA) is 62.5 Å². The zero-order valence-electron chi connectivity index (χ0n) is 20.3. The van der Waals surface area contributed by atoms with Crippen LogP contribution >= 0.6 is 0 Å². The third-order valence-corrected chi connectivity index (χ3v) is 6.97. The molecule has 3 heterocycles. The normalized spacial score (nSPS) is 14.9. The highest BCUT2D eigenvalue weighted by Crippen LogP contribution is 2.25. The lowest BCUT2D eigenvalue weighted by molar-refractivity contribution is 0.0946. The molecule has 0 aliphatic carbocycles. The highest BCUT2D eigenvalue weighted by molar-refractivity contribution is 5.95. The average Bonchev–Trinajstić information content (AvgIpc) is 3.32. The van der Waals surface area contributed by atoms with Crippen molar-refractivity contribution in [3.63, 3.8) is 0 Å². The molecule has 4 aromatic rings. The summed E-state index contributed by atoms with van der Waals surface area (Å²) in [6, 6.07) is 15.3. The van der Waals surface area contributed by atoms with Crippen LogP contribution in [0.4, 0.5) is 8.78 Å². The number of nitrogens with zero attached hydrogens (tertiary/aromatic N) is 4. The Balaban J connectivity index is 1.17. The van der Waals surface area contributed by atoms with E-state index >= 15 is 0 Å². The second-order valence-corrected chi connectivity index (χ2v) is 9.43. The van der Waals surface area contributed by atoms with E-state index in [1.807, 2.05) is 6.07 Å². The molecule has 6 nitrogen and oxygen atoms in total. The van der Waals surface area contributed by atoms with Gasteiger partial charge in [0.1, 0.15) is 11.6 Å². The van der Waals surface area contributed by atoms with Crippen molar-refractivity contribution < 1.29 is 13.6 Å². The number of aromatic nitrogens is 3. The summed E-state index contributed by atoms with van der Waals surface area (Å²) in [6.07, 6.45) is 4.70. The number of carbonyl (C=O) groups excluding carboxylic acids is 1. The maximum Gasteiger partial charge on any atom is 0.254 e. The number of fused-ring (bicyclic) bond motifs is 1. The Morgan fingerprint density at radius 1 is 1.08 bits per heavy atom. The van der Waals surface area contributed by atoms with E-state index in [1.165, 1.54) is 16.3 Å². The van der Waals surface area contributed by atoms with Crippen molar-refractivity contribution in [3.05, 3.63) is 89.2 Å². The Bertz CT molecular complexity index is 1360. The summed E-state index contributed by atoms with van der Waals surface area (Å²) >= 11 is 0. The summed E-state index contributed by atoms with van der Waals surface area (Å²) in [5.41, 5.74) is 3.13. The molecule has 5 rings (SSSR count). The van der Waals surface area contributed by atoms with Crippen molar-refractivity contribution in [1.29, 1.82) is 0 Å². The molecule has 8 heteroatoms. The third kappa shape index (κ3) is 5.28. The molecule has 0 radical (unpaired) electrons. The van der Waals surface area contributed by atoms with Crippen molar-refractivity contribution in [2.75, 3.05) is 19.6 Å². The minimum atomic E-state index is -0.568. The first-order valence-electron chi connectivity index (χ1n) is 12.3. The van der Waals surface area contributed by atoms with Crippen LogP contribution in [-0.2, 0) is 6.54 Å². The first kappa shape index (κ1) is 24.1. The summed E-state index contributed by atoms with van der Waals surface area (Å²) in [7, 11) is 0. The SMILES string of the molecule is Cc1c(C(=O)NCCC2CCN(Cc3ccccc3)CC2)cnc2cc(-c3cc(F)ccc3F)nn12. The van der Waals surface area contributed by atoms with E-state index in [0.717, 1.165) is 57.1 Å². The lowest BCUT2D eigenvalue weighted by Crippen LogP contribution is -2.35. The predicted molar refractivity (Wildman–Crippen MR) is 134 cm³/mol. The molecule has 2 aromatic heterocycles. The minimum absolute atomic E-state index is 0.0562. The van der Waals surface area contributed by atoms with E-state index in [4.69, 9.17) is 0 Å². The van der Waals surface area contributed by atoms with Gasteiger partial charge in [-0.15, -0.1) is 0 Å². The van der Waals surface area contributed by atoms with Crippen molar-refractivity contribution in [3.8, 4) is 11.3 Å². The second-order valence-electron chi connectivity index (χ2n) is 9.43. The number of piperidine rings is 1. The Hall–Kier alpha value is -3.65. The maximum atomic E-state index is 14.2. The number of amides is 1. The molecule has 0 unspecified atom stereocenters. The van der Waals surface area contributed by atoms with Crippen LogP contribution in [0.1, 0.15) is 40.9 Å². The lowest BCUT2D eigenvalue weighted by atomic mass is 9.93. The summed E-state index contributed by atoms with van der Waals surface area (Å²) in [5, 5.41) is 7.40. The molecular weight excluding hydrogens is 460 g/mol. The van der Waals surface area contributed by atoms with Crippen LogP contribution in [0.5, 0.6) is 0 Å². The van der Waals surface area contributed by atoms with Crippen molar-refractivity contribution in [2.24, 2.45) is 5.92 Å². The van der Waals surface area contributed by atoms with Gasteiger partial charge in [0.25, 0.3) is 5.91 Å². The van der Waals surface area contributed by atoms with Crippen molar-refractivity contribution in [2.45, 2.75) is 32.7 Å². The van der Waals surface area contributed by atoms with Gasteiger partial charge in [0, 0.05) is 30.9 Å². The van der Waals surface area contributed by atoms with Crippen LogP contribution < -0.4 is 5.32 Å². The Morgan fingerprint density at radius 3 is 2.64 bits per heavy atom. The number of hydrogen-bond donors (Lipinski definition) is 1. The van der Waals surface area contributed by atoms with Gasteiger partial charge in [-0.05, 0) is 69.0 Å². The van der Waals surface area contributed by atoms with Gasteiger partial charge in [-0.2, -0.15) is 5.10 Å². The maximum absolute atomic E-state index is 14.2. The number of hydrogen-bond acceptors (Lipinski definition) is 4. The highest BCUT2D eigenvalue weighted by Gasteiger charge is 2.20. The van der Waals surface area contributed by atoms with Gasteiger partial charge < -0.3 is 5.32 Å². The Kier molecular flexibility index (Phi) is 7.04.